The monoisotopic (exact) mass is 850 g/mol. The number of nitrogens with one attached hydrogen (secondary N) is 3. The summed E-state index contributed by atoms with van der Waals surface area (Å²) in [6.07, 6.45) is 1.95. The Kier molecular flexibility index (Phi) is 19.8. The van der Waals surface area contributed by atoms with E-state index < -0.39 is 6.09 Å². The molecule has 0 bridgehead atoms. The van der Waals surface area contributed by atoms with Gasteiger partial charge in [0.1, 0.15) is 18.1 Å². The zero-order chi connectivity index (χ0) is 44.3. The summed E-state index contributed by atoms with van der Waals surface area (Å²) in [5.74, 6) is -0.247. The third kappa shape index (κ3) is 15.9. The lowest BCUT2D eigenvalue weighted by atomic mass is 9.94. The molecule has 3 N–H and O–H groups in total. The number of nitrogens with zero attached hydrogens (tertiary/aromatic N) is 4. The smallest absolute Gasteiger partial charge is 0.407 e. The Morgan fingerprint density at radius 3 is 2.16 bits per heavy atom. The molecule has 4 rings (SSSR count). The number of ketones is 1. The molecule has 61 heavy (non-hydrogen) atoms. The summed E-state index contributed by atoms with van der Waals surface area (Å²) in [7, 11) is 3.42. The van der Waals surface area contributed by atoms with Gasteiger partial charge in [-0.15, -0.1) is 5.10 Å². The van der Waals surface area contributed by atoms with Crippen LogP contribution in [-0.4, -0.2) is 125 Å². The van der Waals surface area contributed by atoms with Crippen LogP contribution in [-0.2, 0) is 51.2 Å². The molecule has 2 heterocycles. The second-order valence-electron chi connectivity index (χ2n) is 16.9. The summed E-state index contributed by atoms with van der Waals surface area (Å²) in [4.78, 5) is 52.5. The van der Waals surface area contributed by atoms with Gasteiger partial charge in [0.2, 0.25) is 11.8 Å². The van der Waals surface area contributed by atoms with Crippen molar-refractivity contribution in [2.45, 2.75) is 85.9 Å². The molecule has 0 aliphatic carbocycles. The number of hydrogen-bond acceptors (Lipinski definition) is 12. The number of carbonyl (C=O) groups excluding carboxylic acids is 4. The third-order valence-electron chi connectivity index (χ3n) is 10.2. The molecule has 0 saturated heterocycles. The van der Waals surface area contributed by atoms with E-state index in [-0.39, 0.29) is 80.2 Å². The van der Waals surface area contributed by atoms with Crippen molar-refractivity contribution < 1.29 is 42.9 Å². The van der Waals surface area contributed by atoms with Crippen molar-refractivity contribution in [3.63, 3.8) is 0 Å². The van der Waals surface area contributed by atoms with Gasteiger partial charge in [0.15, 0.2) is 0 Å². The van der Waals surface area contributed by atoms with Crippen LogP contribution in [0.1, 0.15) is 72.3 Å². The molecule has 16 nitrogen and oxygen atoms in total. The molecule has 0 fully saturated rings. The number of anilines is 1. The van der Waals surface area contributed by atoms with Crippen LogP contribution >= 0.6 is 0 Å². The number of ether oxygens (including phenoxy) is 5. The topological polar surface area (TPSA) is 184 Å². The predicted octanol–water partition coefficient (Wildman–Crippen LogP) is 5.18. The normalized spacial score (nSPS) is 13.0. The second kappa shape index (κ2) is 24.6. The van der Waals surface area contributed by atoms with E-state index in [1.165, 1.54) is 0 Å². The minimum absolute atomic E-state index is 0.0682. The van der Waals surface area contributed by atoms with Crippen LogP contribution in [0.15, 0.2) is 48.5 Å². The summed E-state index contributed by atoms with van der Waals surface area (Å²) >= 11 is 0. The molecule has 1 atom stereocenters. The van der Waals surface area contributed by atoms with Gasteiger partial charge >= 0.3 is 6.09 Å². The highest BCUT2D eigenvalue weighted by molar-refractivity contribution is 6.00. The maximum absolute atomic E-state index is 13.9. The zero-order valence-corrected chi connectivity index (χ0v) is 37.2. The Balaban J connectivity index is 1.27. The number of likely N-dealkylation sites (N-methyl/N-ethyl adjacent to an activating group) is 1. The van der Waals surface area contributed by atoms with E-state index in [1.807, 2.05) is 48.5 Å². The van der Waals surface area contributed by atoms with Crippen molar-refractivity contribution in [1.82, 2.24) is 30.9 Å². The van der Waals surface area contributed by atoms with Gasteiger partial charge in [-0.2, -0.15) is 0 Å². The molecule has 1 unspecified atom stereocenters. The minimum atomic E-state index is -0.526. The summed E-state index contributed by atoms with van der Waals surface area (Å²) < 4.78 is 29.8. The molecule has 1 aliphatic rings. The van der Waals surface area contributed by atoms with E-state index in [0.29, 0.717) is 64.0 Å². The summed E-state index contributed by atoms with van der Waals surface area (Å²) in [6, 6.07) is 15.2. The molecule has 1 aliphatic heterocycles. The van der Waals surface area contributed by atoms with Gasteiger partial charge in [-0.3, -0.25) is 14.4 Å². The van der Waals surface area contributed by atoms with Crippen LogP contribution in [0.4, 0.5) is 10.5 Å². The number of para-hydroxylation sites is 1. The molecule has 0 radical (unpaired) electrons. The van der Waals surface area contributed by atoms with Gasteiger partial charge in [0.05, 0.1) is 76.8 Å². The summed E-state index contributed by atoms with van der Waals surface area (Å²) in [5, 5.41) is 17.7. The number of fused-ring (bicyclic) bond motifs is 5. The van der Waals surface area contributed by atoms with Crippen molar-refractivity contribution in [1.29, 1.82) is 0 Å². The number of rotatable bonds is 27. The number of amides is 3. The van der Waals surface area contributed by atoms with Crippen LogP contribution in [0.2, 0.25) is 0 Å². The van der Waals surface area contributed by atoms with Gasteiger partial charge in [-0.25, -0.2) is 9.48 Å². The van der Waals surface area contributed by atoms with Crippen molar-refractivity contribution in [2.24, 2.45) is 10.8 Å². The van der Waals surface area contributed by atoms with E-state index >= 15 is 0 Å². The molecule has 336 valence electrons. The number of unbranched alkanes of at least 4 members (excludes halogenated alkanes) is 1. The highest BCUT2D eigenvalue weighted by Crippen LogP contribution is 2.41. The van der Waals surface area contributed by atoms with Crippen molar-refractivity contribution >= 4 is 29.4 Å². The number of Topliss-reactive ketones (excluding diaryl/α,β-unsaturated/α-hetero) is 1. The number of benzene rings is 2. The molecule has 16 heteroatoms. The Labute approximate surface area is 360 Å². The first-order valence-electron chi connectivity index (χ1n) is 21.2. The Bertz CT molecular complexity index is 1860. The molecule has 0 spiro atoms. The fraction of sp³-hybridized carbons (Fsp3) is 0.600. The Morgan fingerprint density at radius 2 is 1.46 bits per heavy atom. The van der Waals surface area contributed by atoms with Crippen LogP contribution in [0, 0.1) is 10.8 Å². The molecule has 1 aromatic heterocycles. The zero-order valence-electron chi connectivity index (χ0n) is 37.2. The van der Waals surface area contributed by atoms with Crippen molar-refractivity contribution in [3.05, 3.63) is 54.1 Å². The quantitative estimate of drug-likeness (QED) is 0.0857. The summed E-state index contributed by atoms with van der Waals surface area (Å²) in [6.45, 7) is 14.6. The lowest BCUT2D eigenvalue weighted by molar-refractivity contribution is -0.123. The van der Waals surface area contributed by atoms with Gasteiger partial charge in [0.25, 0.3) is 0 Å². The third-order valence-corrected chi connectivity index (χ3v) is 10.2. The highest BCUT2D eigenvalue weighted by atomic mass is 16.5. The SMILES string of the molecule is CNC(CCCCNC(=O)OCCn1nnc2c1-c1ccccc1CN(C(=O)CCNC(=O)CCOCC(C)(C)COCC(C)(C)COCCOC)c1ccccc1-2)C(C)=O. The fourth-order valence-electron chi connectivity index (χ4n) is 6.91. The molecule has 2 aromatic carbocycles. The maximum Gasteiger partial charge on any atom is 0.407 e. The number of hydrogen-bond donors (Lipinski definition) is 3. The molecular weight excluding hydrogens is 783 g/mol. The average Bonchev–Trinajstić information content (AvgIpc) is 3.63. The lowest BCUT2D eigenvalue weighted by Gasteiger charge is -2.29. The van der Waals surface area contributed by atoms with Gasteiger partial charge in [0, 0.05) is 55.0 Å². The van der Waals surface area contributed by atoms with Crippen molar-refractivity contribution in [2.75, 3.05) is 85.0 Å². The van der Waals surface area contributed by atoms with E-state index in [4.69, 9.17) is 23.7 Å². The van der Waals surface area contributed by atoms with E-state index in [0.717, 1.165) is 35.2 Å². The van der Waals surface area contributed by atoms with E-state index in [9.17, 15) is 19.2 Å². The molecule has 0 saturated carbocycles. The number of methoxy groups -OCH3 is 1. The molecule has 3 amide bonds. The first-order valence-corrected chi connectivity index (χ1v) is 21.2. The lowest BCUT2D eigenvalue weighted by Crippen LogP contribution is -2.35. The Morgan fingerprint density at radius 1 is 0.787 bits per heavy atom. The number of carbonyl (C=O) groups is 4. The van der Waals surface area contributed by atoms with Crippen molar-refractivity contribution in [3.8, 4) is 22.5 Å². The van der Waals surface area contributed by atoms with E-state index in [2.05, 4.69) is 54.0 Å². The second-order valence-corrected chi connectivity index (χ2v) is 16.9. The fourth-order valence-corrected chi connectivity index (χ4v) is 6.91. The first kappa shape index (κ1) is 48.9. The average molecular weight is 850 g/mol. The summed E-state index contributed by atoms with van der Waals surface area (Å²) in [5.41, 5.74) is 4.16. The van der Waals surface area contributed by atoms with E-state index in [1.54, 1.807) is 30.7 Å². The van der Waals surface area contributed by atoms with Crippen LogP contribution in [0.5, 0.6) is 0 Å². The van der Waals surface area contributed by atoms with Crippen LogP contribution in [0.3, 0.4) is 0 Å². The minimum Gasteiger partial charge on any atom is -0.448 e. The van der Waals surface area contributed by atoms with Crippen LogP contribution in [0.25, 0.3) is 22.5 Å². The predicted molar refractivity (Wildman–Crippen MR) is 233 cm³/mol. The van der Waals surface area contributed by atoms with Gasteiger partial charge in [-0.05, 0) is 44.9 Å². The molecule has 3 aromatic rings. The number of aromatic nitrogens is 3. The Hall–Kier alpha value is -4.74. The number of alkyl carbamates (subject to hydrolysis) is 1. The first-order chi connectivity index (χ1) is 29.2. The highest BCUT2D eigenvalue weighted by Gasteiger charge is 2.29. The van der Waals surface area contributed by atoms with Gasteiger partial charge in [-0.1, -0.05) is 75.4 Å². The standard InChI is InChI=1S/C45H67N7O9/c1-33(53)37(46-6)17-12-13-21-48-43(56)61-25-23-52-42-35-15-9-8-14-34(35)28-51(38-18-11-10-16-36(38)41(42)49-50-52)40(55)19-22-47-39(54)20-24-58-29-44(2,3)31-60-32-45(4,5)30-59-27-26-57-7/h8-11,14-16,18,37,46H,12-13,17,19-32H2,1-7H3,(H,47,54)(H,48,56). The van der Waals surface area contributed by atoms with Crippen LogP contribution < -0.4 is 20.9 Å². The maximum atomic E-state index is 13.9. The molecular formula is C45H67N7O9. The largest absolute Gasteiger partial charge is 0.448 e. The van der Waals surface area contributed by atoms with Gasteiger partial charge < -0.3 is 44.5 Å².